The fraction of sp³-hybridized carbons (Fsp3) is 0.966. The van der Waals surface area contributed by atoms with Crippen molar-refractivity contribution in [2.24, 2.45) is 51.8 Å². The normalized spacial score (nSPS) is 43.3. The first-order valence-corrected chi connectivity index (χ1v) is 14.4. The monoisotopic (exact) mass is 510 g/mol. The van der Waals surface area contributed by atoms with Gasteiger partial charge >= 0.3 is 5.97 Å². The predicted molar refractivity (Wildman–Crippen MR) is 136 cm³/mol. The number of fused-ring (bicyclic) bond motifs is 5. The maximum absolute atomic E-state index is 12.4. The van der Waals surface area contributed by atoms with Crippen LogP contribution in [0, 0.1) is 51.8 Å². The molecule has 4 saturated carbocycles. The lowest BCUT2D eigenvalue weighted by Crippen LogP contribution is -2.58. The Labute approximate surface area is 216 Å². The first kappa shape index (κ1) is 28.3. The fourth-order valence-corrected chi connectivity index (χ4v) is 9.30. The van der Waals surface area contributed by atoms with Crippen LogP contribution in [-0.2, 0) is 9.53 Å². The summed E-state index contributed by atoms with van der Waals surface area (Å²) in [6.07, 6.45) is 8.80. The highest BCUT2D eigenvalue weighted by atomic mass is 16.5. The molecule has 7 heteroatoms. The Balaban J connectivity index is 1.38. The maximum atomic E-state index is 12.4. The van der Waals surface area contributed by atoms with Crippen molar-refractivity contribution in [3.8, 4) is 0 Å². The highest BCUT2D eigenvalue weighted by Gasteiger charge is 2.63. The van der Waals surface area contributed by atoms with Crippen molar-refractivity contribution in [2.45, 2.75) is 97.2 Å². The van der Waals surface area contributed by atoms with E-state index in [1.54, 1.807) is 0 Å². The van der Waals surface area contributed by atoms with Crippen LogP contribution in [0.2, 0.25) is 0 Å². The van der Waals surface area contributed by atoms with Gasteiger partial charge in [0.05, 0.1) is 37.4 Å². The number of carbonyl (C=O) groups excluding carboxylic acids is 1. The third-order valence-electron chi connectivity index (χ3n) is 11.9. The van der Waals surface area contributed by atoms with E-state index >= 15 is 0 Å². The number of ether oxygens (including phenoxy) is 1. The Kier molecular flexibility index (Phi) is 8.48. The van der Waals surface area contributed by atoms with Crippen molar-refractivity contribution >= 4 is 5.97 Å². The van der Waals surface area contributed by atoms with Crippen LogP contribution >= 0.6 is 0 Å². The lowest BCUT2D eigenvalue weighted by atomic mass is 9.43. The van der Waals surface area contributed by atoms with E-state index in [-0.39, 0.29) is 48.0 Å². The van der Waals surface area contributed by atoms with Crippen LogP contribution in [0.25, 0.3) is 0 Å². The second-order valence-corrected chi connectivity index (χ2v) is 13.5. The molecule has 0 aromatic rings. The standard InChI is InChI=1S/C29H50O7/c1-18(4-9-26(35)36-17-29(14-30,15-31)16-32)22-7-8-23-21-6-5-19-12-20(33)10-11-27(19,2)24(21)13-25(34)28(22,23)3/h18-25,30-34H,4-17H2,1-3H3/t18-,19-,20-,21+,22-,23+,24+,25+,27+,28-/m1/s1. The van der Waals surface area contributed by atoms with Gasteiger partial charge in [0, 0.05) is 6.42 Å². The number of rotatable bonds is 9. The molecule has 0 spiro atoms. The van der Waals surface area contributed by atoms with Crippen LogP contribution in [0.3, 0.4) is 0 Å². The van der Waals surface area contributed by atoms with Crippen molar-refractivity contribution in [1.82, 2.24) is 0 Å². The largest absolute Gasteiger partial charge is 0.465 e. The Morgan fingerprint density at radius 2 is 1.67 bits per heavy atom. The quantitative estimate of drug-likeness (QED) is 0.302. The molecule has 5 N–H and O–H groups in total. The van der Waals surface area contributed by atoms with Crippen molar-refractivity contribution in [1.29, 1.82) is 0 Å². The highest BCUT2D eigenvalue weighted by molar-refractivity contribution is 5.69. The molecule has 10 atom stereocenters. The van der Waals surface area contributed by atoms with Crippen molar-refractivity contribution < 1.29 is 35.1 Å². The third kappa shape index (κ3) is 4.76. The van der Waals surface area contributed by atoms with Gasteiger partial charge in [-0.1, -0.05) is 20.8 Å². The summed E-state index contributed by atoms with van der Waals surface area (Å²) < 4.78 is 5.30. The molecule has 208 valence electrons. The van der Waals surface area contributed by atoms with Gasteiger partial charge in [-0.05, 0) is 104 Å². The number of aliphatic hydroxyl groups is 5. The summed E-state index contributed by atoms with van der Waals surface area (Å²) in [6, 6.07) is 0. The molecule has 4 fully saturated rings. The first-order valence-electron chi connectivity index (χ1n) is 14.4. The molecule has 36 heavy (non-hydrogen) atoms. The topological polar surface area (TPSA) is 127 Å². The third-order valence-corrected chi connectivity index (χ3v) is 11.9. The molecule has 7 nitrogen and oxygen atoms in total. The zero-order valence-electron chi connectivity index (χ0n) is 22.6. The summed E-state index contributed by atoms with van der Waals surface area (Å²) in [5.74, 6) is 2.50. The van der Waals surface area contributed by atoms with Crippen molar-refractivity contribution in [3.05, 3.63) is 0 Å². The van der Waals surface area contributed by atoms with Crippen molar-refractivity contribution in [3.63, 3.8) is 0 Å². The SMILES string of the molecule is C[C@H](CCC(=O)OCC(CO)(CO)CO)[C@H]1CC[C@H]2[C@@H]3CC[C@@H]4C[C@H](O)CC[C@]4(C)[C@H]3C[C@H](O)[C@]12C. The molecule has 0 bridgehead atoms. The van der Waals surface area contributed by atoms with Gasteiger partial charge in [0.2, 0.25) is 0 Å². The molecular weight excluding hydrogens is 460 g/mol. The Morgan fingerprint density at radius 3 is 2.33 bits per heavy atom. The van der Waals surface area contributed by atoms with Crippen molar-refractivity contribution in [2.75, 3.05) is 26.4 Å². The summed E-state index contributed by atoms with van der Waals surface area (Å²) in [5, 5.41) is 50.3. The fourth-order valence-electron chi connectivity index (χ4n) is 9.30. The first-order chi connectivity index (χ1) is 17.0. The van der Waals surface area contributed by atoms with Gasteiger partial charge in [-0.15, -0.1) is 0 Å². The van der Waals surface area contributed by atoms with E-state index < -0.39 is 25.2 Å². The van der Waals surface area contributed by atoms with Gasteiger partial charge < -0.3 is 30.3 Å². The highest BCUT2D eigenvalue weighted by Crippen LogP contribution is 2.68. The Morgan fingerprint density at radius 1 is 0.972 bits per heavy atom. The van der Waals surface area contributed by atoms with E-state index in [0.717, 1.165) is 38.5 Å². The van der Waals surface area contributed by atoms with Crippen LogP contribution in [0.4, 0.5) is 0 Å². The molecule has 4 rings (SSSR count). The molecule has 0 amide bonds. The second-order valence-electron chi connectivity index (χ2n) is 13.5. The predicted octanol–water partition coefficient (Wildman–Crippen LogP) is 2.90. The van der Waals surface area contributed by atoms with Gasteiger partial charge in [-0.25, -0.2) is 0 Å². The number of esters is 1. The molecule has 4 aliphatic carbocycles. The van der Waals surface area contributed by atoms with Gasteiger partial charge in [0.15, 0.2) is 0 Å². The molecule has 0 aromatic carbocycles. The van der Waals surface area contributed by atoms with Crippen LogP contribution in [0.15, 0.2) is 0 Å². The van der Waals surface area contributed by atoms with Crippen LogP contribution in [-0.4, -0.2) is 70.1 Å². The molecule has 4 aliphatic rings. The Bertz CT molecular complexity index is 760. The minimum atomic E-state index is -1.21. The lowest BCUT2D eigenvalue weighted by molar-refractivity contribution is -0.175. The molecule has 0 radical (unpaired) electrons. The molecule has 0 saturated heterocycles. The number of hydrogen-bond acceptors (Lipinski definition) is 7. The summed E-state index contributed by atoms with van der Waals surface area (Å²) in [5.41, 5.74) is -1.12. The molecule has 0 aliphatic heterocycles. The van der Waals surface area contributed by atoms with Gasteiger partial charge in [-0.3, -0.25) is 4.79 Å². The van der Waals surface area contributed by atoms with Crippen LogP contribution in [0.5, 0.6) is 0 Å². The minimum Gasteiger partial charge on any atom is -0.465 e. The van der Waals surface area contributed by atoms with E-state index in [1.165, 1.54) is 12.8 Å². The van der Waals surface area contributed by atoms with Gasteiger partial charge in [-0.2, -0.15) is 0 Å². The molecule has 0 aromatic heterocycles. The van der Waals surface area contributed by atoms with Gasteiger partial charge in [0.1, 0.15) is 6.61 Å². The lowest BCUT2D eigenvalue weighted by Gasteiger charge is -2.62. The Hall–Kier alpha value is -0.730. The maximum Gasteiger partial charge on any atom is 0.305 e. The average Bonchev–Trinajstić information content (AvgIpc) is 3.23. The summed E-state index contributed by atoms with van der Waals surface area (Å²) >= 11 is 0. The van der Waals surface area contributed by atoms with Gasteiger partial charge in [0.25, 0.3) is 0 Å². The summed E-state index contributed by atoms with van der Waals surface area (Å²) in [4.78, 5) is 12.4. The number of carbonyl (C=O) groups is 1. The van der Waals surface area contributed by atoms with Crippen LogP contribution < -0.4 is 0 Å². The van der Waals surface area contributed by atoms with Crippen LogP contribution in [0.1, 0.15) is 85.0 Å². The molecule has 0 heterocycles. The number of aliphatic hydroxyl groups excluding tert-OH is 5. The zero-order valence-corrected chi connectivity index (χ0v) is 22.6. The number of hydrogen-bond donors (Lipinski definition) is 5. The molecule has 0 unspecified atom stereocenters. The van der Waals surface area contributed by atoms with E-state index in [0.29, 0.717) is 36.0 Å². The van der Waals surface area contributed by atoms with E-state index in [1.807, 2.05) is 0 Å². The zero-order chi connectivity index (χ0) is 26.3. The van der Waals surface area contributed by atoms with E-state index in [9.17, 15) is 30.3 Å². The summed E-state index contributed by atoms with van der Waals surface area (Å²) in [6.45, 7) is 5.39. The smallest absolute Gasteiger partial charge is 0.305 e. The average molecular weight is 511 g/mol. The van der Waals surface area contributed by atoms with E-state index in [2.05, 4.69) is 20.8 Å². The minimum absolute atomic E-state index is 0.137. The van der Waals surface area contributed by atoms with E-state index in [4.69, 9.17) is 4.74 Å². The molecular formula is C29H50O7. The second kappa shape index (κ2) is 10.8. The summed E-state index contributed by atoms with van der Waals surface area (Å²) in [7, 11) is 0.